The topological polar surface area (TPSA) is 53.3 Å². The van der Waals surface area contributed by atoms with Crippen LogP contribution in [-0.2, 0) is 15.9 Å². The molecule has 1 aromatic rings. The van der Waals surface area contributed by atoms with E-state index in [2.05, 4.69) is 5.10 Å². The van der Waals surface area contributed by atoms with Gasteiger partial charge in [-0.05, 0) is 25.7 Å². The largest absolute Gasteiger partial charge is 0.465 e. The molecule has 17 heavy (non-hydrogen) atoms. The van der Waals surface area contributed by atoms with Crippen LogP contribution in [0.3, 0.4) is 0 Å². The van der Waals surface area contributed by atoms with Gasteiger partial charge in [0.1, 0.15) is 11.8 Å². The molecule has 1 unspecified atom stereocenters. The maximum atomic E-state index is 11.6. The van der Waals surface area contributed by atoms with E-state index in [1.807, 2.05) is 11.6 Å². The lowest BCUT2D eigenvalue weighted by Crippen LogP contribution is -2.21. The number of carbonyl (C=O) groups excluding carboxylic acids is 1. The summed E-state index contributed by atoms with van der Waals surface area (Å²) in [6.07, 6.45) is 5.48. The normalized spacial score (nSPS) is 20.2. The summed E-state index contributed by atoms with van der Waals surface area (Å²) in [4.78, 5) is 11.6. The average Bonchev–Trinajstić information content (AvgIpc) is 2.82. The highest BCUT2D eigenvalue weighted by Gasteiger charge is 2.23. The first-order valence-corrected chi connectivity index (χ1v) is 6.04. The Morgan fingerprint density at radius 1 is 1.65 bits per heavy atom. The van der Waals surface area contributed by atoms with E-state index in [-0.39, 0.29) is 12.2 Å². The number of rotatable bonds is 3. The standard InChI is InChI=1S/C12H18N2O3/c1-3-10-9(12(15)16-2)8-13-14(10)11-6-4-5-7-17-11/h8,11H,3-7H2,1-2H3. The van der Waals surface area contributed by atoms with Crippen LogP contribution in [0.25, 0.3) is 0 Å². The van der Waals surface area contributed by atoms with Crippen molar-refractivity contribution in [1.29, 1.82) is 0 Å². The summed E-state index contributed by atoms with van der Waals surface area (Å²) in [6, 6.07) is 0. The number of aromatic nitrogens is 2. The fourth-order valence-corrected chi connectivity index (χ4v) is 2.19. The van der Waals surface area contributed by atoms with Gasteiger partial charge in [0, 0.05) is 6.61 Å². The molecule has 2 rings (SSSR count). The van der Waals surface area contributed by atoms with Gasteiger partial charge in [0.25, 0.3) is 0 Å². The van der Waals surface area contributed by atoms with Crippen molar-refractivity contribution in [3.8, 4) is 0 Å². The van der Waals surface area contributed by atoms with Crippen LogP contribution in [0.2, 0.25) is 0 Å². The van der Waals surface area contributed by atoms with Gasteiger partial charge in [0.15, 0.2) is 0 Å². The number of esters is 1. The van der Waals surface area contributed by atoms with Crippen molar-refractivity contribution < 1.29 is 14.3 Å². The quantitative estimate of drug-likeness (QED) is 0.755. The van der Waals surface area contributed by atoms with Gasteiger partial charge >= 0.3 is 5.97 Å². The summed E-state index contributed by atoms with van der Waals surface area (Å²) in [6.45, 7) is 2.77. The van der Waals surface area contributed by atoms with Crippen molar-refractivity contribution in [2.24, 2.45) is 0 Å². The summed E-state index contributed by atoms with van der Waals surface area (Å²) < 4.78 is 12.3. The number of methoxy groups -OCH3 is 1. The van der Waals surface area contributed by atoms with Crippen molar-refractivity contribution in [3.63, 3.8) is 0 Å². The third-order valence-electron chi connectivity index (χ3n) is 3.07. The summed E-state index contributed by atoms with van der Waals surface area (Å²) >= 11 is 0. The third-order valence-corrected chi connectivity index (χ3v) is 3.07. The lowest BCUT2D eigenvalue weighted by Gasteiger charge is -2.24. The highest BCUT2D eigenvalue weighted by Crippen LogP contribution is 2.25. The zero-order valence-electron chi connectivity index (χ0n) is 10.3. The summed E-state index contributed by atoms with van der Waals surface area (Å²) in [5.41, 5.74) is 1.44. The molecule has 1 atom stereocenters. The average molecular weight is 238 g/mol. The minimum Gasteiger partial charge on any atom is -0.465 e. The van der Waals surface area contributed by atoms with Crippen LogP contribution in [0.15, 0.2) is 6.20 Å². The lowest BCUT2D eigenvalue weighted by molar-refractivity contribution is -0.0410. The Bertz CT molecular complexity index is 394. The van der Waals surface area contributed by atoms with Crippen molar-refractivity contribution >= 4 is 5.97 Å². The van der Waals surface area contributed by atoms with Crippen LogP contribution < -0.4 is 0 Å². The van der Waals surface area contributed by atoms with Crippen LogP contribution >= 0.6 is 0 Å². The van der Waals surface area contributed by atoms with Gasteiger partial charge in [0.2, 0.25) is 0 Å². The minimum absolute atomic E-state index is 0.0305. The summed E-state index contributed by atoms with van der Waals surface area (Å²) in [5.74, 6) is -0.330. The molecule has 1 saturated heterocycles. The van der Waals surface area contributed by atoms with E-state index in [1.54, 1.807) is 6.20 Å². The number of hydrogen-bond donors (Lipinski definition) is 0. The van der Waals surface area contributed by atoms with Crippen LogP contribution in [-0.4, -0.2) is 29.5 Å². The van der Waals surface area contributed by atoms with Gasteiger partial charge in [-0.15, -0.1) is 0 Å². The Morgan fingerprint density at radius 2 is 2.47 bits per heavy atom. The van der Waals surface area contributed by atoms with Crippen molar-refractivity contribution in [1.82, 2.24) is 9.78 Å². The summed E-state index contributed by atoms with van der Waals surface area (Å²) in [5, 5.41) is 4.27. The molecule has 0 aromatic carbocycles. The molecule has 0 bridgehead atoms. The highest BCUT2D eigenvalue weighted by molar-refractivity contribution is 5.90. The molecule has 0 radical (unpaired) electrons. The maximum Gasteiger partial charge on any atom is 0.341 e. The predicted octanol–water partition coefficient (Wildman–Crippen LogP) is 1.93. The Kier molecular flexibility index (Phi) is 3.78. The van der Waals surface area contributed by atoms with Gasteiger partial charge in [-0.25, -0.2) is 9.48 Å². The second kappa shape index (κ2) is 5.31. The first kappa shape index (κ1) is 12.1. The first-order chi connectivity index (χ1) is 8.27. The Balaban J connectivity index is 2.27. The fourth-order valence-electron chi connectivity index (χ4n) is 2.19. The zero-order valence-corrected chi connectivity index (χ0v) is 10.3. The van der Waals surface area contributed by atoms with E-state index in [0.717, 1.165) is 38.0 Å². The smallest absolute Gasteiger partial charge is 0.341 e. The number of nitrogens with zero attached hydrogens (tertiary/aromatic N) is 2. The minimum atomic E-state index is -0.330. The van der Waals surface area contributed by atoms with E-state index in [0.29, 0.717) is 5.56 Å². The molecule has 5 heteroatoms. The molecule has 1 aromatic heterocycles. The van der Waals surface area contributed by atoms with E-state index >= 15 is 0 Å². The van der Waals surface area contributed by atoms with Gasteiger partial charge in [-0.3, -0.25) is 0 Å². The molecule has 0 aliphatic carbocycles. The second-order valence-corrected chi connectivity index (χ2v) is 4.12. The first-order valence-electron chi connectivity index (χ1n) is 6.04. The van der Waals surface area contributed by atoms with Crippen LogP contribution in [0.4, 0.5) is 0 Å². The highest BCUT2D eigenvalue weighted by atomic mass is 16.5. The molecular formula is C12H18N2O3. The summed E-state index contributed by atoms with van der Waals surface area (Å²) in [7, 11) is 1.39. The van der Waals surface area contributed by atoms with Crippen LogP contribution in [0.5, 0.6) is 0 Å². The molecule has 94 valence electrons. The molecule has 5 nitrogen and oxygen atoms in total. The van der Waals surface area contributed by atoms with Crippen molar-refractivity contribution in [2.45, 2.75) is 38.8 Å². The number of hydrogen-bond acceptors (Lipinski definition) is 4. The van der Waals surface area contributed by atoms with Gasteiger partial charge in [-0.2, -0.15) is 5.10 Å². The Morgan fingerprint density at radius 3 is 3.06 bits per heavy atom. The van der Waals surface area contributed by atoms with E-state index in [4.69, 9.17) is 9.47 Å². The Labute approximate surface area is 101 Å². The molecular weight excluding hydrogens is 220 g/mol. The fraction of sp³-hybridized carbons (Fsp3) is 0.667. The number of carbonyl (C=O) groups is 1. The van der Waals surface area contributed by atoms with Crippen molar-refractivity contribution in [3.05, 3.63) is 17.5 Å². The van der Waals surface area contributed by atoms with Gasteiger partial charge < -0.3 is 9.47 Å². The van der Waals surface area contributed by atoms with E-state index in [1.165, 1.54) is 7.11 Å². The van der Waals surface area contributed by atoms with Crippen molar-refractivity contribution in [2.75, 3.05) is 13.7 Å². The SMILES string of the molecule is CCc1c(C(=O)OC)cnn1C1CCCCO1. The van der Waals surface area contributed by atoms with E-state index < -0.39 is 0 Å². The molecule has 2 heterocycles. The molecule has 1 aliphatic rings. The zero-order chi connectivity index (χ0) is 12.3. The molecule has 0 N–H and O–H groups in total. The van der Waals surface area contributed by atoms with Crippen LogP contribution in [0.1, 0.15) is 48.5 Å². The molecule has 0 spiro atoms. The molecule has 0 amide bonds. The van der Waals surface area contributed by atoms with E-state index in [9.17, 15) is 4.79 Å². The van der Waals surface area contributed by atoms with Gasteiger partial charge in [-0.1, -0.05) is 6.92 Å². The van der Waals surface area contributed by atoms with Gasteiger partial charge in [0.05, 0.1) is 19.0 Å². The molecule has 0 saturated carbocycles. The maximum absolute atomic E-state index is 11.6. The lowest BCUT2D eigenvalue weighted by atomic mass is 10.1. The predicted molar refractivity (Wildman–Crippen MR) is 61.8 cm³/mol. The molecule has 1 aliphatic heterocycles. The monoisotopic (exact) mass is 238 g/mol. The Hall–Kier alpha value is -1.36. The molecule has 1 fully saturated rings. The second-order valence-electron chi connectivity index (χ2n) is 4.12. The number of ether oxygens (including phenoxy) is 2. The van der Waals surface area contributed by atoms with Crippen LogP contribution in [0, 0.1) is 0 Å². The third kappa shape index (κ3) is 2.34.